The van der Waals surface area contributed by atoms with E-state index in [0.29, 0.717) is 0 Å². The van der Waals surface area contributed by atoms with Crippen LogP contribution in [-0.4, -0.2) is 9.35 Å². The Morgan fingerprint density at radius 2 is 1.24 bits per heavy atom. The molecule has 0 fully saturated rings. The number of nitrogens with zero attached hydrogens (tertiary/aromatic N) is 3. The molecule has 4 nitrogen and oxygen atoms in total. The van der Waals surface area contributed by atoms with Crippen LogP contribution in [0.15, 0.2) is 120 Å². The fraction of sp³-hybridized carbons (Fsp3) is 0.200. The standard InChI is InChI=1S/C45H37N3O/c1-45(2)36-25-23-28(27-35(36)33-24-26-42-43(44(33)45)34-17-7-12-22-41(34)49-42)48(46-37-18-8-3-13-29(37)30-14-4-9-19-38(30)46)47-39-20-10-5-15-31(39)32-16-6-11-21-40(32)47/h3-5,7-10,12-15,17-20,22-23,25,27H,6,11,16,21,24,26H2,1-2H3. The Bertz CT molecular complexity index is 2660. The second-order valence-electron chi connectivity index (χ2n) is 14.7. The molecule has 0 bridgehead atoms. The van der Waals surface area contributed by atoms with Crippen molar-refractivity contribution in [2.45, 2.75) is 57.8 Å². The summed E-state index contributed by atoms with van der Waals surface area (Å²) in [5.74, 6) is 1.14. The van der Waals surface area contributed by atoms with Gasteiger partial charge < -0.3 is 4.42 Å². The number of aryl methyl sites for hydroxylation is 2. The Morgan fingerprint density at radius 1 is 0.612 bits per heavy atom. The molecule has 3 heterocycles. The van der Waals surface area contributed by atoms with Crippen LogP contribution in [-0.2, 0) is 24.7 Å². The van der Waals surface area contributed by atoms with Crippen molar-refractivity contribution in [3.8, 4) is 0 Å². The molecule has 3 aliphatic carbocycles. The predicted molar refractivity (Wildman–Crippen MR) is 202 cm³/mol. The minimum Gasteiger partial charge on any atom is -0.460 e. The van der Waals surface area contributed by atoms with Crippen LogP contribution in [0.4, 0.5) is 5.69 Å². The van der Waals surface area contributed by atoms with Crippen molar-refractivity contribution >= 4 is 60.5 Å². The lowest BCUT2D eigenvalue weighted by Crippen LogP contribution is -2.36. The second kappa shape index (κ2) is 9.79. The minimum atomic E-state index is -0.137. The zero-order valence-corrected chi connectivity index (χ0v) is 28.0. The predicted octanol–water partition coefficient (Wildman–Crippen LogP) is 11.3. The summed E-state index contributed by atoms with van der Waals surface area (Å²) in [5, 5.41) is 7.66. The molecular weight excluding hydrogens is 599 g/mol. The third kappa shape index (κ3) is 3.59. The lowest BCUT2D eigenvalue weighted by molar-refractivity contribution is 0.544. The molecule has 0 N–H and O–H groups in total. The van der Waals surface area contributed by atoms with Gasteiger partial charge in [0, 0.05) is 44.6 Å². The maximum atomic E-state index is 6.48. The van der Waals surface area contributed by atoms with Gasteiger partial charge in [-0.15, -0.1) is 0 Å². The summed E-state index contributed by atoms with van der Waals surface area (Å²) >= 11 is 0. The summed E-state index contributed by atoms with van der Waals surface area (Å²) in [5.41, 5.74) is 15.7. The third-order valence-corrected chi connectivity index (χ3v) is 11.8. The average Bonchev–Trinajstić information content (AvgIpc) is 3.85. The molecule has 238 valence electrons. The number of hydrogen-bond donors (Lipinski definition) is 0. The second-order valence-corrected chi connectivity index (χ2v) is 14.7. The molecule has 0 aliphatic heterocycles. The van der Waals surface area contributed by atoms with Crippen molar-refractivity contribution in [2.75, 3.05) is 5.12 Å². The van der Waals surface area contributed by atoms with Crippen molar-refractivity contribution in [3.05, 3.63) is 149 Å². The fourth-order valence-corrected chi connectivity index (χ4v) is 9.72. The number of para-hydroxylation sites is 4. The van der Waals surface area contributed by atoms with Crippen LogP contribution >= 0.6 is 0 Å². The SMILES string of the molecule is CC1(C)C2=C(CCc3oc4ccccc4c32)c2cc(N(n3c4c(c5ccccc53)CCCC4)n3c4ccccc4c4ccccc43)ccc21. The van der Waals surface area contributed by atoms with E-state index in [4.69, 9.17) is 4.42 Å². The minimum absolute atomic E-state index is 0.137. The van der Waals surface area contributed by atoms with Crippen LogP contribution in [0.5, 0.6) is 0 Å². The summed E-state index contributed by atoms with van der Waals surface area (Å²) in [6.45, 7) is 4.82. The van der Waals surface area contributed by atoms with E-state index in [2.05, 4.69) is 144 Å². The van der Waals surface area contributed by atoms with Crippen LogP contribution in [0.3, 0.4) is 0 Å². The Morgan fingerprint density at radius 3 is 2.00 bits per heavy atom. The van der Waals surface area contributed by atoms with Crippen LogP contribution in [0, 0.1) is 0 Å². The van der Waals surface area contributed by atoms with Crippen molar-refractivity contribution in [1.29, 1.82) is 0 Å². The zero-order valence-electron chi connectivity index (χ0n) is 28.0. The van der Waals surface area contributed by atoms with Gasteiger partial charge in [0.1, 0.15) is 11.3 Å². The highest BCUT2D eigenvalue weighted by Crippen LogP contribution is 2.57. The molecular formula is C45H37N3O. The number of hydrogen-bond acceptors (Lipinski definition) is 2. The van der Waals surface area contributed by atoms with Gasteiger partial charge >= 0.3 is 0 Å². The van der Waals surface area contributed by atoms with Gasteiger partial charge in [-0.1, -0.05) is 92.7 Å². The van der Waals surface area contributed by atoms with Crippen molar-refractivity contribution in [1.82, 2.24) is 9.35 Å². The number of allylic oxidation sites excluding steroid dienone is 2. The summed E-state index contributed by atoms with van der Waals surface area (Å²) < 4.78 is 11.5. The Balaban J connectivity index is 1.23. The number of furan rings is 1. The third-order valence-electron chi connectivity index (χ3n) is 11.8. The molecule has 0 spiro atoms. The molecule has 0 amide bonds. The van der Waals surface area contributed by atoms with E-state index in [1.165, 1.54) is 95.7 Å². The quantitative estimate of drug-likeness (QED) is 0.193. The number of benzene rings is 5. The maximum absolute atomic E-state index is 6.48. The topological polar surface area (TPSA) is 26.2 Å². The first-order chi connectivity index (χ1) is 24.1. The molecule has 0 unspecified atom stereocenters. The van der Waals surface area contributed by atoms with E-state index in [1.54, 1.807) is 0 Å². The molecule has 5 aromatic carbocycles. The molecule has 4 heteroatoms. The van der Waals surface area contributed by atoms with Crippen LogP contribution in [0.2, 0.25) is 0 Å². The van der Waals surface area contributed by atoms with E-state index in [0.717, 1.165) is 37.0 Å². The van der Waals surface area contributed by atoms with Crippen molar-refractivity contribution in [3.63, 3.8) is 0 Å². The summed E-state index contributed by atoms with van der Waals surface area (Å²) in [4.78, 5) is 0. The van der Waals surface area contributed by atoms with Crippen LogP contribution in [0.1, 0.15) is 66.8 Å². The summed E-state index contributed by atoms with van der Waals surface area (Å²) in [7, 11) is 0. The highest BCUT2D eigenvalue weighted by atomic mass is 16.3. The molecule has 3 aliphatic rings. The van der Waals surface area contributed by atoms with Gasteiger partial charge in [0.15, 0.2) is 0 Å². The van der Waals surface area contributed by atoms with Crippen molar-refractivity contribution in [2.24, 2.45) is 0 Å². The lowest BCUT2D eigenvalue weighted by atomic mass is 9.75. The highest BCUT2D eigenvalue weighted by molar-refractivity contribution is 6.10. The maximum Gasteiger partial charge on any atom is 0.134 e. The van der Waals surface area contributed by atoms with E-state index >= 15 is 0 Å². The van der Waals surface area contributed by atoms with E-state index < -0.39 is 0 Å². The molecule has 0 saturated carbocycles. The Labute approximate surface area is 285 Å². The molecule has 0 radical (unpaired) electrons. The van der Waals surface area contributed by atoms with Gasteiger partial charge in [0.05, 0.1) is 22.2 Å². The van der Waals surface area contributed by atoms with Gasteiger partial charge in [-0.25, -0.2) is 9.35 Å². The molecule has 8 aromatic rings. The average molecular weight is 636 g/mol. The molecule has 0 atom stereocenters. The van der Waals surface area contributed by atoms with E-state index in [9.17, 15) is 0 Å². The van der Waals surface area contributed by atoms with Crippen molar-refractivity contribution < 1.29 is 4.42 Å². The number of aromatic nitrogens is 2. The first-order valence-electron chi connectivity index (χ1n) is 17.9. The first-order valence-corrected chi connectivity index (χ1v) is 17.9. The van der Waals surface area contributed by atoms with E-state index in [-0.39, 0.29) is 5.41 Å². The van der Waals surface area contributed by atoms with Crippen LogP contribution < -0.4 is 5.12 Å². The Hall–Kier alpha value is -5.48. The normalized spacial score (nSPS) is 16.4. The largest absolute Gasteiger partial charge is 0.460 e. The van der Waals surface area contributed by atoms with E-state index in [1.807, 2.05) is 0 Å². The lowest BCUT2D eigenvalue weighted by Gasteiger charge is -2.33. The van der Waals surface area contributed by atoms with Gasteiger partial charge in [-0.2, -0.15) is 5.12 Å². The first kappa shape index (κ1) is 27.5. The Kier molecular flexibility index (Phi) is 5.49. The molecule has 49 heavy (non-hydrogen) atoms. The number of anilines is 1. The highest BCUT2D eigenvalue weighted by Gasteiger charge is 2.43. The number of rotatable bonds is 3. The summed E-state index contributed by atoms with van der Waals surface area (Å²) in [6, 6.07) is 42.7. The van der Waals surface area contributed by atoms with Gasteiger partial charge in [0.2, 0.25) is 0 Å². The smallest absolute Gasteiger partial charge is 0.134 e. The monoisotopic (exact) mass is 635 g/mol. The van der Waals surface area contributed by atoms with Gasteiger partial charge in [-0.3, -0.25) is 0 Å². The van der Waals surface area contributed by atoms with Crippen LogP contribution in [0.25, 0.3) is 54.8 Å². The molecule has 3 aromatic heterocycles. The van der Waals surface area contributed by atoms with Gasteiger partial charge in [0.25, 0.3) is 0 Å². The number of fused-ring (bicyclic) bond motifs is 12. The molecule has 11 rings (SSSR count). The molecule has 0 saturated heterocycles. The summed E-state index contributed by atoms with van der Waals surface area (Å²) in [6.07, 6.45) is 6.56. The fourth-order valence-electron chi connectivity index (χ4n) is 9.72. The zero-order chi connectivity index (χ0) is 32.4. The van der Waals surface area contributed by atoms with Gasteiger partial charge in [-0.05, 0) is 96.3 Å².